The first kappa shape index (κ1) is 26.9. The van der Waals surface area contributed by atoms with E-state index in [1.54, 1.807) is 0 Å². The highest BCUT2D eigenvalue weighted by atomic mass is 16.6. The number of aromatic nitrogens is 4. The largest absolute Gasteiger partial charge is 0.374 e. The maximum Gasteiger partial charge on any atom is 0.331 e. The van der Waals surface area contributed by atoms with Crippen LogP contribution in [0.3, 0.4) is 0 Å². The van der Waals surface area contributed by atoms with Gasteiger partial charge in [0.1, 0.15) is 23.8 Å². The van der Waals surface area contributed by atoms with E-state index in [0.717, 1.165) is 16.7 Å². The Morgan fingerprint density at radius 2 is 1.32 bits per heavy atom. The van der Waals surface area contributed by atoms with Crippen molar-refractivity contribution in [1.29, 1.82) is 0 Å². The molecule has 2 N–H and O–H groups in total. The van der Waals surface area contributed by atoms with Crippen LogP contribution in [-0.2, 0) is 38.8 Å². The van der Waals surface area contributed by atoms with Gasteiger partial charge in [0.2, 0.25) is 0 Å². The van der Waals surface area contributed by atoms with Crippen molar-refractivity contribution in [3.63, 3.8) is 0 Å². The standard InChI is InChI=1S/C31H30N4O6/c36-29-26-24(16-32-34-26)35(31(37)33-29)30-28(40-19-23-14-8-3-9-15-23)27(39-18-22-12-6-2-7-13-22)25(41-30)20-38-17-21-10-4-1-5-11-21/h1-16,25,27-28,30H,17-20H2,(H,32,34)(H,33,36,37)/t25-,27-,28+,30-/m1/s1. The van der Waals surface area contributed by atoms with Crippen LogP contribution in [0.15, 0.2) is 107 Å². The number of aromatic amines is 2. The molecule has 0 spiro atoms. The van der Waals surface area contributed by atoms with Gasteiger partial charge in [0.25, 0.3) is 5.56 Å². The van der Waals surface area contributed by atoms with Gasteiger partial charge in [-0.3, -0.25) is 19.4 Å². The molecule has 1 aliphatic heterocycles. The molecule has 10 nitrogen and oxygen atoms in total. The number of rotatable bonds is 11. The van der Waals surface area contributed by atoms with Gasteiger partial charge in [-0.15, -0.1) is 0 Å². The number of ether oxygens (including phenoxy) is 4. The number of nitrogens with zero attached hydrogens (tertiary/aromatic N) is 2. The van der Waals surface area contributed by atoms with E-state index in [2.05, 4.69) is 15.2 Å². The lowest BCUT2D eigenvalue weighted by atomic mass is 10.1. The fourth-order valence-electron chi connectivity index (χ4n) is 5.04. The number of nitrogens with one attached hydrogen (secondary N) is 2. The van der Waals surface area contributed by atoms with Crippen LogP contribution in [0, 0.1) is 0 Å². The number of benzene rings is 3. The van der Waals surface area contributed by atoms with Crippen molar-refractivity contribution < 1.29 is 18.9 Å². The summed E-state index contributed by atoms with van der Waals surface area (Å²) in [4.78, 5) is 28.0. The Hall–Kier alpha value is -4.35. The van der Waals surface area contributed by atoms with E-state index in [0.29, 0.717) is 18.7 Å². The lowest BCUT2D eigenvalue weighted by Gasteiger charge is -2.26. The molecule has 0 radical (unpaired) electrons. The third-order valence-corrected chi connectivity index (χ3v) is 7.05. The second-order valence-electron chi connectivity index (χ2n) is 9.85. The molecule has 210 valence electrons. The van der Waals surface area contributed by atoms with Crippen molar-refractivity contribution in [1.82, 2.24) is 19.7 Å². The van der Waals surface area contributed by atoms with Crippen molar-refractivity contribution in [2.45, 2.75) is 44.4 Å². The minimum absolute atomic E-state index is 0.167. The summed E-state index contributed by atoms with van der Waals surface area (Å²) >= 11 is 0. The normalized spacial score (nSPS) is 20.5. The highest BCUT2D eigenvalue weighted by Gasteiger charge is 2.48. The molecule has 0 saturated carbocycles. The van der Waals surface area contributed by atoms with Crippen LogP contribution in [0.4, 0.5) is 0 Å². The van der Waals surface area contributed by atoms with E-state index >= 15 is 0 Å². The van der Waals surface area contributed by atoms with E-state index in [1.165, 1.54) is 10.8 Å². The van der Waals surface area contributed by atoms with Crippen molar-refractivity contribution in [3.8, 4) is 0 Å². The molecule has 10 heteroatoms. The molecular formula is C31H30N4O6. The molecule has 3 heterocycles. The molecule has 0 amide bonds. The number of fused-ring (bicyclic) bond motifs is 1. The molecule has 0 bridgehead atoms. The number of hydrogen-bond acceptors (Lipinski definition) is 7. The summed E-state index contributed by atoms with van der Waals surface area (Å²) in [5, 5.41) is 6.66. The number of hydrogen-bond donors (Lipinski definition) is 2. The van der Waals surface area contributed by atoms with Crippen LogP contribution in [0.1, 0.15) is 22.9 Å². The molecule has 6 rings (SSSR count). The van der Waals surface area contributed by atoms with Gasteiger partial charge in [-0.05, 0) is 16.7 Å². The Kier molecular flexibility index (Phi) is 8.15. The third-order valence-electron chi connectivity index (χ3n) is 7.05. The van der Waals surface area contributed by atoms with Crippen LogP contribution in [0.2, 0.25) is 0 Å². The minimum atomic E-state index is -0.922. The molecule has 5 aromatic rings. The van der Waals surface area contributed by atoms with Crippen LogP contribution in [0.5, 0.6) is 0 Å². The first-order chi connectivity index (χ1) is 20.2. The highest BCUT2D eigenvalue weighted by molar-refractivity contribution is 5.72. The van der Waals surface area contributed by atoms with Crippen LogP contribution < -0.4 is 11.2 Å². The Morgan fingerprint density at radius 1 is 0.756 bits per heavy atom. The summed E-state index contributed by atoms with van der Waals surface area (Å²) in [6.45, 7) is 1.16. The quantitative estimate of drug-likeness (QED) is 0.255. The van der Waals surface area contributed by atoms with Gasteiger partial charge in [0.05, 0.1) is 38.1 Å². The molecule has 1 aliphatic rings. The number of H-pyrrole nitrogens is 2. The molecule has 2 aromatic heterocycles. The van der Waals surface area contributed by atoms with Gasteiger partial charge in [0, 0.05) is 0 Å². The fourth-order valence-corrected chi connectivity index (χ4v) is 5.04. The van der Waals surface area contributed by atoms with Gasteiger partial charge in [-0.1, -0.05) is 91.0 Å². The van der Waals surface area contributed by atoms with E-state index in [1.807, 2.05) is 91.0 Å². The summed E-state index contributed by atoms with van der Waals surface area (Å²) in [7, 11) is 0. The molecule has 3 aromatic carbocycles. The minimum Gasteiger partial charge on any atom is -0.374 e. The van der Waals surface area contributed by atoms with Gasteiger partial charge < -0.3 is 18.9 Å². The Balaban J connectivity index is 1.34. The average molecular weight is 555 g/mol. The molecule has 1 saturated heterocycles. The Morgan fingerprint density at radius 3 is 1.93 bits per heavy atom. The summed E-state index contributed by atoms with van der Waals surface area (Å²) in [6.07, 6.45) is -1.38. The smallest absolute Gasteiger partial charge is 0.331 e. The monoisotopic (exact) mass is 554 g/mol. The first-order valence-electron chi connectivity index (χ1n) is 13.4. The molecule has 4 atom stereocenters. The summed E-state index contributed by atoms with van der Waals surface area (Å²) < 4.78 is 26.9. The molecule has 0 unspecified atom stereocenters. The predicted octanol–water partition coefficient (Wildman–Crippen LogP) is 3.70. The SMILES string of the molecule is O=c1[nH]c(=O)n([C@@H]2O[C@H](COCc3ccccc3)[C@@H](OCc3ccccc3)[C@@H]2OCc2ccccc2)c2cn[nH]c12. The second-order valence-corrected chi connectivity index (χ2v) is 9.85. The first-order valence-corrected chi connectivity index (χ1v) is 13.4. The lowest BCUT2D eigenvalue weighted by Crippen LogP contribution is -2.41. The molecular weight excluding hydrogens is 524 g/mol. The lowest BCUT2D eigenvalue weighted by molar-refractivity contribution is -0.0916. The van der Waals surface area contributed by atoms with E-state index in [4.69, 9.17) is 18.9 Å². The Labute approximate surface area is 235 Å². The zero-order chi connectivity index (χ0) is 28.0. The van der Waals surface area contributed by atoms with E-state index < -0.39 is 35.8 Å². The second kappa shape index (κ2) is 12.4. The summed E-state index contributed by atoms with van der Waals surface area (Å²) in [5.41, 5.74) is 2.26. The molecule has 1 fully saturated rings. The van der Waals surface area contributed by atoms with Crippen LogP contribution >= 0.6 is 0 Å². The van der Waals surface area contributed by atoms with Crippen LogP contribution in [-0.4, -0.2) is 44.7 Å². The third kappa shape index (κ3) is 6.06. The maximum atomic E-state index is 13.2. The van der Waals surface area contributed by atoms with Gasteiger partial charge in [-0.25, -0.2) is 4.79 Å². The maximum absolute atomic E-state index is 13.2. The van der Waals surface area contributed by atoms with E-state index in [9.17, 15) is 9.59 Å². The zero-order valence-corrected chi connectivity index (χ0v) is 22.2. The van der Waals surface area contributed by atoms with E-state index in [-0.39, 0.29) is 18.7 Å². The van der Waals surface area contributed by atoms with Crippen molar-refractivity contribution in [2.24, 2.45) is 0 Å². The van der Waals surface area contributed by atoms with Crippen LogP contribution in [0.25, 0.3) is 11.0 Å². The van der Waals surface area contributed by atoms with Crippen molar-refractivity contribution in [3.05, 3.63) is 135 Å². The Bertz CT molecular complexity index is 1670. The molecule has 0 aliphatic carbocycles. The van der Waals surface area contributed by atoms with Crippen molar-refractivity contribution >= 4 is 11.0 Å². The zero-order valence-electron chi connectivity index (χ0n) is 22.2. The predicted molar refractivity (Wildman–Crippen MR) is 151 cm³/mol. The topological polar surface area (TPSA) is 120 Å². The van der Waals surface area contributed by atoms with Gasteiger partial charge in [0.15, 0.2) is 6.23 Å². The summed E-state index contributed by atoms with van der Waals surface area (Å²) in [6, 6.07) is 29.4. The average Bonchev–Trinajstić information content (AvgIpc) is 3.62. The summed E-state index contributed by atoms with van der Waals surface area (Å²) in [5.74, 6) is 0. The fraction of sp³-hybridized carbons (Fsp3) is 0.258. The van der Waals surface area contributed by atoms with Gasteiger partial charge in [-0.2, -0.15) is 5.10 Å². The molecule has 41 heavy (non-hydrogen) atoms. The van der Waals surface area contributed by atoms with Crippen molar-refractivity contribution in [2.75, 3.05) is 6.61 Å². The highest BCUT2D eigenvalue weighted by Crippen LogP contribution is 2.35. The van der Waals surface area contributed by atoms with Gasteiger partial charge >= 0.3 is 5.69 Å².